The Morgan fingerprint density at radius 1 is 1.00 bits per heavy atom. The van der Waals surface area contributed by atoms with Gasteiger partial charge in [-0.05, 0) is 12.1 Å². The van der Waals surface area contributed by atoms with Crippen molar-refractivity contribution in [3.8, 4) is 11.3 Å². The molecule has 0 radical (unpaired) electrons. The summed E-state index contributed by atoms with van der Waals surface area (Å²) in [4.78, 5) is 27.0. The van der Waals surface area contributed by atoms with Crippen LogP contribution in [0.15, 0.2) is 56.6 Å². The van der Waals surface area contributed by atoms with Crippen molar-refractivity contribution in [2.24, 2.45) is 0 Å². The summed E-state index contributed by atoms with van der Waals surface area (Å²) >= 11 is 0. The van der Waals surface area contributed by atoms with Gasteiger partial charge in [-0.2, -0.15) is 5.16 Å². The van der Waals surface area contributed by atoms with Crippen molar-refractivity contribution in [1.82, 2.24) is 10.1 Å². The van der Waals surface area contributed by atoms with Crippen molar-refractivity contribution in [2.45, 2.75) is 0 Å². The van der Waals surface area contributed by atoms with Crippen LogP contribution in [0, 0.1) is 0 Å². The van der Waals surface area contributed by atoms with Crippen molar-refractivity contribution < 1.29 is 4.52 Å². The fraction of sp³-hybridized carbons (Fsp3) is 0. The van der Waals surface area contributed by atoms with Crippen molar-refractivity contribution in [3.63, 3.8) is 0 Å². The Kier molecular flexibility index (Phi) is 2.30. The minimum Gasteiger partial charge on any atom is -0.377 e. The van der Waals surface area contributed by atoms with E-state index in [9.17, 15) is 9.59 Å². The van der Waals surface area contributed by atoms with Crippen LogP contribution in [0.5, 0.6) is 0 Å². The van der Waals surface area contributed by atoms with Crippen molar-refractivity contribution in [3.05, 3.63) is 63.0 Å². The first-order chi connectivity index (χ1) is 8.75. The molecule has 0 aliphatic rings. The third-order valence-corrected chi connectivity index (χ3v) is 2.60. The molecule has 0 saturated carbocycles. The van der Waals surface area contributed by atoms with Crippen LogP contribution < -0.4 is 11.0 Å². The van der Waals surface area contributed by atoms with E-state index in [0.717, 1.165) is 5.56 Å². The zero-order valence-electron chi connectivity index (χ0n) is 9.21. The lowest BCUT2D eigenvalue weighted by atomic mass is 10.1. The Bertz CT molecular complexity index is 819. The van der Waals surface area contributed by atoms with Gasteiger partial charge in [0.1, 0.15) is 0 Å². The molecule has 3 rings (SSSR count). The van der Waals surface area contributed by atoms with Gasteiger partial charge in [0.15, 0.2) is 11.1 Å². The van der Waals surface area contributed by atoms with Crippen LogP contribution in [-0.2, 0) is 0 Å². The molecule has 0 unspecified atom stereocenters. The second-order valence-corrected chi connectivity index (χ2v) is 3.77. The number of nitrogens with one attached hydrogen (secondary N) is 1. The molecule has 1 N–H and O–H groups in total. The average Bonchev–Trinajstić information content (AvgIpc) is 2.44. The molecule has 1 aromatic carbocycles. The molecule has 0 spiro atoms. The molecule has 0 amide bonds. The Labute approximate surface area is 101 Å². The maximum absolute atomic E-state index is 11.6. The fourth-order valence-electron chi connectivity index (χ4n) is 1.72. The van der Waals surface area contributed by atoms with Crippen molar-refractivity contribution in [2.75, 3.05) is 0 Å². The largest absolute Gasteiger partial charge is 0.377 e. The highest BCUT2D eigenvalue weighted by molar-refractivity contribution is 5.75. The van der Waals surface area contributed by atoms with Crippen LogP contribution in [0.4, 0.5) is 0 Å². The third-order valence-electron chi connectivity index (χ3n) is 2.60. The molecule has 2 heterocycles. The van der Waals surface area contributed by atoms with E-state index in [1.165, 1.54) is 0 Å². The topological polar surface area (TPSA) is 76.0 Å². The molecule has 5 heteroatoms. The van der Waals surface area contributed by atoms with Crippen LogP contribution in [0.2, 0.25) is 0 Å². The van der Waals surface area contributed by atoms with E-state index in [1.807, 2.05) is 35.5 Å². The van der Waals surface area contributed by atoms with Crippen LogP contribution >= 0.6 is 0 Å². The average molecular weight is 240 g/mol. The number of aromatic nitrogens is 2. The SMILES string of the molecule is O=c1[nH]oc2ccc(-c3ccccc3)nc2c1=O. The van der Waals surface area contributed by atoms with Gasteiger partial charge in [0.05, 0.1) is 5.69 Å². The Hall–Kier alpha value is -2.69. The molecule has 0 fully saturated rings. The number of hydrogen-bond donors (Lipinski definition) is 1. The Morgan fingerprint density at radius 3 is 2.56 bits per heavy atom. The Morgan fingerprint density at radius 2 is 1.78 bits per heavy atom. The number of benzene rings is 1. The molecule has 18 heavy (non-hydrogen) atoms. The van der Waals surface area contributed by atoms with E-state index in [0.29, 0.717) is 5.69 Å². The second-order valence-electron chi connectivity index (χ2n) is 3.77. The quantitative estimate of drug-likeness (QED) is 0.654. The molecule has 0 aliphatic heterocycles. The molecule has 0 aliphatic carbocycles. The van der Waals surface area contributed by atoms with Crippen molar-refractivity contribution in [1.29, 1.82) is 0 Å². The summed E-state index contributed by atoms with van der Waals surface area (Å²) in [6.45, 7) is 0. The fourth-order valence-corrected chi connectivity index (χ4v) is 1.72. The lowest BCUT2D eigenvalue weighted by molar-refractivity contribution is 0.429. The number of fused-ring (bicyclic) bond motifs is 1. The summed E-state index contributed by atoms with van der Waals surface area (Å²) < 4.78 is 4.91. The van der Waals surface area contributed by atoms with Gasteiger partial charge < -0.3 is 4.52 Å². The number of aromatic amines is 1. The third kappa shape index (κ3) is 1.62. The van der Waals surface area contributed by atoms with Gasteiger partial charge in [-0.1, -0.05) is 30.3 Å². The van der Waals surface area contributed by atoms with E-state index >= 15 is 0 Å². The van der Waals surface area contributed by atoms with Gasteiger partial charge >= 0.3 is 5.56 Å². The maximum atomic E-state index is 11.6. The molecule has 0 bridgehead atoms. The van der Waals surface area contributed by atoms with E-state index in [1.54, 1.807) is 12.1 Å². The zero-order valence-corrected chi connectivity index (χ0v) is 9.21. The minimum absolute atomic E-state index is 0.0418. The van der Waals surface area contributed by atoms with E-state index in [2.05, 4.69) is 4.98 Å². The lowest BCUT2D eigenvalue weighted by Crippen LogP contribution is -2.26. The van der Waals surface area contributed by atoms with E-state index in [-0.39, 0.29) is 11.1 Å². The molecule has 88 valence electrons. The molecule has 5 nitrogen and oxygen atoms in total. The number of H-pyrrole nitrogens is 1. The van der Waals surface area contributed by atoms with Gasteiger partial charge in [-0.3, -0.25) is 9.59 Å². The molecule has 3 aromatic rings. The summed E-state index contributed by atoms with van der Waals surface area (Å²) in [5.74, 6) is 0. The Balaban J connectivity index is 2.32. The highest BCUT2D eigenvalue weighted by Gasteiger charge is 2.08. The summed E-state index contributed by atoms with van der Waals surface area (Å²) in [7, 11) is 0. The van der Waals surface area contributed by atoms with Crippen LogP contribution in [-0.4, -0.2) is 10.1 Å². The summed E-state index contributed by atoms with van der Waals surface area (Å²) in [6.07, 6.45) is 0. The highest BCUT2D eigenvalue weighted by atomic mass is 16.5. The second kappa shape index (κ2) is 3.96. The molecule has 2 aromatic heterocycles. The molecular formula is C13H8N2O3. The number of nitrogens with zero attached hydrogens (tertiary/aromatic N) is 1. The van der Waals surface area contributed by atoms with Gasteiger partial charge in [-0.15, -0.1) is 0 Å². The first-order valence-electron chi connectivity index (χ1n) is 5.34. The lowest BCUT2D eigenvalue weighted by Gasteiger charge is -2.01. The van der Waals surface area contributed by atoms with E-state index < -0.39 is 11.0 Å². The zero-order chi connectivity index (χ0) is 12.5. The standard InChI is InChI=1S/C13H8N2O3/c16-12-11-10(18-15-13(12)17)7-6-9(14-11)8-4-2-1-3-5-8/h1-7H,(H,15,17). The minimum atomic E-state index is -0.805. The van der Waals surface area contributed by atoms with Crippen LogP contribution in [0.3, 0.4) is 0 Å². The molecule has 0 saturated heterocycles. The van der Waals surface area contributed by atoms with Crippen molar-refractivity contribution >= 4 is 11.1 Å². The predicted octanol–water partition coefficient (Wildman–Crippen LogP) is 1.54. The van der Waals surface area contributed by atoms with Crippen LogP contribution in [0.1, 0.15) is 0 Å². The number of hydrogen-bond acceptors (Lipinski definition) is 4. The summed E-state index contributed by atoms with van der Waals surface area (Å²) in [5.41, 5.74) is 0.314. The van der Waals surface area contributed by atoms with Gasteiger partial charge in [0, 0.05) is 5.56 Å². The first-order valence-corrected chi connectivity index (χ1v) is 5.34. The molecular weight excluding hydrogens is 232 g/mol. The summed E-state index contributed by atoms with van der Waals surface area (Å²) in [5, 5.41) is 2.02. The highest BCUT2D eigenvalue weighted by Crippen LogP contribution is 2.18. The van der Waals surface area contributed by atoms with Gasteiger partial charge in [0.2, 0.25) is 0 Å². The smallest absolute Gasteiger partial charge is 0.326 e. The van der Waals surface area contributed by atoms with E-state index in [4.69, 9.17) is 4.52 Å². The number of rotatable bonds is 1. The van der Waals surface area contributed by atoms with Gasteiger partial charge in [-0.25, -0.2) is 4.98 Å². The maximum Gasteiger partial charge on any atom is 0.326 e. The normalized spacial score (nSPS) is 10.7. The monoisotopic (exact) mass is 240 g/mol. The number of pyridine rings is 1. The summed E-state index contributed by atoms with van der Waals surface area (Å²) in [6, 6.07) is 12.7. The molecule has 0 atom stereocenters. The van der Waals surface area contributed by atoms with Crippen LogP contribution in [0.25, 0.3) is 22.4 Å². The van der Waals surface area contributed by atoms with Gasteiger partial charge in [0.25, 0.3) is 5.43 Å². The predicted molar refractivity (Wildman–Crippen MR) is 66.3 cm³/mol. The first kappa shape index (κ1) is 10.5.